The van der Waals surface area contributed by atoms with Crippen molar-refractivity contribution in [2.45, 2.75) is 0 Å². The van der Waals surface area contributed by atoms with Crippen LogP contribution in [-0.4, -0.2) is 33.2 Å². The number of pyridine rings is 1. The lowest BCUT2D eigenvalue weighted by atomic mass is 10.3. The summed E-state index contributed by atoms with van der Waals surface area (Å²) < 4.78 is 1.89. The first-order valence-corrected chi connectivity index (χ1v) is 6.94. The van der Waals surface area contributed by atoms with Gasteiger partial charge in [-0.05, 0) is 22.0 Å². The van der Waals surface area contributed by atoms with Gasteiger partial charge in [0, 0.05) is 22.6 Å². The molecule has 0 aliphatic rings. The Morgan fingerprint density at radius 3 is 3.06 bits per heavy atom. The van der Waals surface area contributed by atoms with E-state index in [2.05, 4.69) is 36.2 Å². The summed E-state index contributed by atoms with van der Waals surface area (Å²) >= 11 is 4.96. The maximum absolute atomic E-state index is 8.85. The molecule has 0 atom stereocenters. The Labute approximate surface area is 115 Å². The van der Waals surface area contributed by atoms with Crippen LogP contribution < -0.4 is 5.32 Å². The Kier molecular flexibility index (Phi) is 3.11. The number of aliphatic hydroxyl groups excluding tert-OH is 1. The SMILES string of the molecule is OCCNc1ncnc2c1sc1ncc(Br)cc12. The summed E-state index contributed by atoms with van der Waals surface area (Å²) in [6, 6.07) is 2.00. The van der Waals surface area contributed by atoms with Gasteiger partial charge in [0.2, 0.25) is 0 Å². The molecule has 3 aromatic rings. The van der Waals surface area contributed by atoms with Gasteiger partial charge in [-0.1, -0.05) is 0 Å². The second-order valence-corrected chi connectivity index (χ2v) is 5.57. The molecule has 2 N–H and O–H groups in total. The minimum Gasteiger partial charge on any atom is -0.395 e. The minimum absolute atomic E-state index is 0.0696. The summed E-state index contributed by atoms with van der Waals surface area (Å²) in [6.07, 6.45) is 3.29. The number of fused-ring (bicyclic) bond motifs is 3. The first-order valence-electron chi connectivity index (χ1n) is 5.33. The molecule has 0 spiro atoms. The highest BCUT2D eigenvalue weighted by atomic mass is 79.9. The Morgan fingerprint density at radius 1 is 1.33 bits per heavy atom. The molecule has 3 aromatic heterocycles. The van der Waals surface area contributed by atoms with Gasteiger partial charge in [0.05, 0.1) is 16.8 Å². The summed E-state index contributed by atoms with van der Waals surface area (Å²) in [5.41, 5.74) is 0.888. The highest BCUT2D eigenvalue weighted by molar-refractivity contribution is 9.10. The number of aromatic nitrogens is 3. The number of hydrogen-bond acceptors (Lipinski definition) is 6. The van der Waals surface area contributed by atoms with E-state index in [1.165, 1.54) is 6.33 Å². The third-order valence-electron chi connectivity index (χ3n) is 2.48. The van der Waals surface area contributed by atoms with Gasteiger partial charge in [-0.15, -0.1) is 11.3 Å². The molecule has 3 rings (SSSR count). The fourth-order valence-electron chi connectivity index (χ4n) is 1.74. The Balaban J connectivity index is 2.25. The molecular weight excluding hydrogens is 316 g/mol. The van der Waals surface area contributed by atoms with E-state index in [1.54, 1.807) is 17.5 Å². The van der Waals surface area contributed by atoms with Crippen molar-refractivity contribution in [2.24, 2.45) is 0 Å². The molecule has 0 bridgehead atoms. The molecule has 0 amide bonds. The zero-order valence-corrected chi connectivity index (χ0v) is 11.6. The lowest BCUT2D eigenvalue weighted by Crippen LogP contribution is -2.06. The number of nitrogens with one attached hydrogen (secondary N) is 1. The molecule has 0 aliphatic carbocycles. The maximum Gasteiger partial charge on any atom is 0.147 e. The number of halogens is 1. The average Bonchev–Trinajstić information content (AvgIpc) is 2.75. The molecule has 0 saturated heterocycles. The Bertz CT molecular complexity index is 715. The number of nitrogens with zero attached hydrogens (tertiary/aromatic N) is 3. The van der Waals surface area contributed by atoms with Crippen LogP contribution in [0.2, 0.25) is 0 Å². The largest absolute Gasteiger partial charge is 0.395 e. The summed E-state index contributed by atoms with van der Waals surface area (Å²) in [4.78, 5) is 13.8. The molecule has 0 radical (unpaired) electrons. The molecule has 18 heavy (non-hydrogen) atoms. The highest BCUT2D eigenvalue weighted by Crippen LogP contribution is 2.35. The van der Waals surface area contributed by atoms with Crippen LogP contribution in [0.4, 0.5) is 5.82 Å². The third-order valence-corrected chi connectivity index (χ3v) is 4.02. The zero-order valence-electron chi connectivity index (χ0n) is 9.22. The predicted octanol–water partition coefficient (Wildman–Crippen LogP) is 2.41. The van der Waals surface area contributed by atoms with Gasteiger partial charge < -0.3 is 10.4 Å². The van der Waals surface area contributed by atoms with Crippen LogP contribution in [0.15, 0.2) is 23.1 Å². The van der Waals surface area contributed by atoms with Crippen molar-refractivity contribution in [3.8, 4) is 0 Å². The summed E-state index contributed by atoms with van der Waals surface area (Å²) in [7, 11) is 0. The van der Waals surface area contributed by atoms with Crippen LogP contribution in [0.25, 0.3) is 20.4 Å². The van der Waals surface area contributed by atoms with E-state index in [4.69, 9.17) is 5.11 Å². The molecule has 0 saturated carbocycles. The molecule has 0 aromatic carbocycles. The Hall–Kier alpha value is -1.31. The standard InChI is InChI=1S/C11H9BrN4OS/c12-6-3-7-8-9(18-11(7)14-4-6)10(13-1-2-17)16-5-15-8/h3-5,17H,1-2H2,(H,13,15,16). The molecule has 5 nitrogen and oxygen atoms in total. The van der Waals surface area contributed by atoms with Crippen molar-refractivity contribution < 1.29 is 5.11 Å². The average molecular weight is 325 g/mol. The molecule has 3 heterocycles. The fraction of sp³-hybridized carbons (Fsp3) is 0.182. The first-order chi connectivity index (χ1) is 8.79. The number of rotatable bonds is 3. The molecular formula is C11H9BrN4OS. The third kappa shape index (κ3) is 1.94. The lowest BCUT2D eigenvalue weighted by Gasteiger charge is -2.02. The first kappa shape index (κ1) is 11.8. The highest BCUT2D eigenvalue weighted by Gasteiger charge is 2.11. The predicted molar refractivity (Wildman–Crippen MR) is 76.0 cm³/mol. The molecule has 92 valence electrons. The normalized spacial score (nSPS) is 11.2. The van der Waals surface area contributed by atoms with Crippen molar-refractivity contribution in [1.29, 1.82) is 0 Å². The molecule has 7 heteroatoms. The zero-order chi connectivity index (χ0) is 12.5. The van der Waals surface area contributed by atoms with Crippen LogP contribution in [0, 0.1) is 0 Å². The van der Waals surface area contributed by atoms with E-state index >= 15 is 0 Å². The lowest BCUT2D eigenvalue weighted by molar-refractivity contribution is 0.311. The van der Waals surface area contributed by atoms with Crippen molar-refractivity contribution in [1.82, 2.24) is 15.0 Å². The number of thiophene rings is 1. The van der Waals surface area contributed by atoms with Crippen LogP contribution >= 0.6 is 27.3 Å². The topological polar surface area (TPSA) is 70.9 Å². The second-order valence-electron chi connectivity index (χ2n) is 3.66. The van der Waals surface area contributed by atoms with Crippen molar-refractivity contribution in [3.05, 3.63) is 23.1 Å². The molecule has 0 fully saturated rings. The van der Waals surface area contributed by atoms with Crippen LogP contribution in [-0.2, 0) is 0 Å². The monoisotopic (exact) mass is 324 g/mol. The quantitative estimate of drug-likeness (QED) is 0.774. The summed E-state index contributed by atoms with van der Waals surface area (Å²) in [5.74, 6) is 0.744. The number of hydrogen-bond donors (Lipinski definition) is 2. The van der Waals surface area contributed by atoms with E-state index in [0.717, 1.165) is 30.7 Å². The smallest absolute Gasteiger partial charge is 0.147 e. The van der Waals surface area contributed by atoms with E-state index in [0.29, 0.717) is 6.54 Å². The van der Waals surface area contributed by atoms with Gasteiger partial charge in [-0.25, -0.2) is 15.0 Å². The van der Waals surface area contributed by atoms with Gasteiger partial charge >= 0.3 is 0 Å². The Morgan fingerprint density at radius 2 is 2.22 bits per heavy atom. The summed E-state index contributed by atoms with van der Waals surface area (Å²) in [5, 5.41) is 13.0. The van der Waals surface area contributed by atoms with Gasteiger partial charge in [-0.2, -0.15) is 0 Å². The number of anilines is 1. The van der Waals surface area contributed by atoms with Gasteiger partial charge in [0.25, 0.3) is 0 Å². The van der Waals surface area contributed by atoms with Crippen LogP contribution in [0.5, 0.6) is 0 Å². The van der Waals surface area contributed by atoms with E-state index < -0.39 is 0 Å². The summed E-state index contributed by atoms with van der Waals surface area (Å²) in [6.45, 7) is 0.539. The van der Waals surface area contributed by atoms with Crippen LogP contribution in [0.1, 0.15) is 0 Å². The fourth-order valence-corrected chi connectivity index (χ4v) is 3.11. The van der Waals surface area contributed by atoms with Gasteiger partial charge in [-0.3, -0.25) is 0 Å². The maximum atomic E-state index is 8.85. The second kappa shape index (κ2) is 4.75. The number of aliphatic hydroxyl groups is 1. The van der Waals surface area contributed by atoms with Gasteiger partial charge in [0.1, 0.15) is 17.0 Å². The molecule has 0 unspecified atom stereocenters. The van der Waals surface area contributed by atoms with E-state index in [-0.39, 0.29) is 6.61 Å². The van der Waals surface area contributed by atoms with E-state index in [1.807, 2.05) is 6.07 Å². The van der Waals surface area contributed by atoms with Crippen molar-refractivity contribution >= 4 is 53.5 Å². The minimum atomic E-state index is 0.0696. The van der Waals surface area contributed by atoms with Crippen molar-refractivity contribution in [3.63, 3.8) is 0 Å². The van der Waals surface area contributed by atoms with Crippen molar-refractivity contribution in [2.75, 3.05) is 18.5 Å². The molecule has 0 aliphatic heterocycles. The van der Waals surface area contributed by atoms with Crippen LogP contribution in [0.3, 0.4) is 0 Å². The van der Waals surface area contributed by atoms with Gasteiger partial charge in [0.15, 0.2) is 0 Å². The van der Waals surface area contributed by atoms with E-state index in [9.17, 15) is 0 Å².